The van der Waals surface area contributed by atoms with Crippen LogP contribution in [0.2, 0.25) is 0 Å². The first-order valence-corrected chi connectivity index (χ1v) is 5.44. The molecule has 88 valence electrons. The lowest BCUT2D eigenvalue weighted by molar-refractivity contribution is -0.144. The summed E-state index contributed by atoms with van der Waals surface area (Å²) in [7, 11) is 0. The minimum absolute atomic E-state index is 0.330. The van der Waals surface area contributed by atoms with E-state index in [-0.39, 0.29) is 5.97 Å². The van der Waals surface area contributed by atoms with Gasteiger partial charge in [-0.2, -0.15) is 0 Å². The average Bonchev–Trinajstić information content (AvgIpc) is 2.28. The molecule has 0 amide bonds. The Morgan fingerprint density at radius 2 is 2.00 bits per heavy atom. The third-order valence-corrected chi connectivity index (χ3v) is 2.01. The Morgan fingerprint density at radius 1 is 1.35 bits per heavy atom. The van der Waals surface area contributed by atoms with Gasteiger partial charge in [0.2, 0.25) is 0 Å². The molecule has 0 aromatic heterocycles. The van der Waals surface area contributed by atoms with Crippen molar-refractivity contribution in [3.8, 4) is 11.8 Å². The van der Waals surface area contributed by atoms with Crippen LogP contribution in [0.3, 0.4) is 0 Å². The second-order valence-corrected chi connectivity index (χ2v) is 3.86. The van der Waals surface area contributed by atoms with E-state index in [2.05, 4.69) is 18.4 Å². The van der Waals surface area contributed by atoms with Gasteiger partial charge < -0.3 is 4.74 Å². The molecule has 0 aliphatic carbocycles. The highest BCUT2D eigenvalue weighted by Crippen LogP contribution is 2.16. The minimum atomic E-state index is -0.493. The molecule has 0 saturated carbocycles. The molecule has 0 radical (unpaired) electrons. The molecule has 1 aromatic carbocycles. The average molecular weight is 228 g/mol. The summed E-state index contributed by atoms with van der Waals surface area (Å²) in [6.45, 7) is 7.08. The molecule has 0 saturated heterocycles. The van der Waals surface area contributed by atoms with Crippen LogP contribution in [0.5, 0.6) is 0 Å². The molecule has 1 atom stereocenters. The standard InChI is InChI=1S/C15H16O2/c1-12(2)8-7-11-15(17-13(3)16)14-9-5-4-6-10-14/h4-6,9-10,15H,1,8H2,2-3H3. The van der Waals surface area contributed by atoms with Crippen molar-refractivity contribution >= 4 is 5.97 Å². The van der Waals surface area contributed by atoms with E-state index in [0.717, 1.165) is 11.1 Å². The van der Waals surface area contributed by atoms with Gasteiger partial charge in [0.25, 0.3) is 0 Å². The lowest BCUT2D eigenvalue weighted by atomic mass is 10.1. The molecule has 0 aliphatic rings. The highest BCUT2D eigenvalue weighted by atomic mass is 16.5. The van der Waals surface area contributed by atoms with E-state index >= 15 is 0 Å². The van der Waals surface area contributed by atoms with Crippen molar-refractivity contribution in [3.63, 3.8) is 0 Å². The zero-order valence-corrected chi connectivity index (χ0v) is 10.2. The zero-order chi connectivity index (χ0) is 12.7. The third-order valence-electron chi connectivity index (χ3n) is 2.01. The summed E-state index contributed by atoms with van der Waals surface area (Å²) in [6.07, 6.45) is 0.123. The number of ether oxygens (including phenoxy) is 1. The van der Waals surface area contributed by atoms with Gasteiger partial charge in [-0.05, 0) is 6.92 Å². The van der Waals surface area contributed by atoms with E-state index < -0.39 is 6.10 Å². The molecule has 17 heavy (non-hydrogen) atoms. The summed E-state index contributed by atoms with van der Waals surface area (Å²) in [5.41, 5.74) is 1.88. The molecular formula is C15H16O2. The van der Waals surface area contributed by atoms with Crippen LogP contribution in [0, 0.1) is 11.8 Å². The Hall–Kier alpha value is -2.01. The van der Waals surface area contributed by atoms with Gasteiger partial charge in [0.1, 0.15) is 0 Å². The van der Waals surface area contributed by atoms with Crippen LogP contribution in [0.4, 0.5) is 0 Å². The van der Waals surface area contributed by atoms with Gasteiger partial charge in [-0.1, -0.05) is 54.3 Å². The second-order valence-electron chi connectivity index (χ2n) is 3.86. The van der Waals surface area contributed by atoms with Gasteiger partial charge in [0.05, 0.1) is 0 Å². The Bertz CT molecular complexity index is 449. The molecule has 2 heteroatoms. The van der Waals surface area contributed by atoms with Crippen LogP contribution in [-0.2, 0) is 9.53 Å². The third kappa shape index (κ3) is 5.03. The number of carbonyl (C=O) groups excluding carboxylic acids is 1. The van der Waals surface area contributed by atoms with Gasteiger partial charge in [0.15, 0.2) is 6.10 Å². The maximum absolute atomic E-state index is 11.0. The van der Waals surface area contributed by atoms with Crippen LogP contribution < -0.4 is 0 Å². The monoisotopic (exact) mass is 228 g/mol. The van der Waals surface area contributed by atoms with Crippen LogP contribution in [0.15, 0.2) is 42.5 Å². The SMILES string of the molecule is C=C(C)CC#CC(OC(C)=O)c1ccccc1. The van der Waals surface area contributed by atoms with Gasteiger partial charge in [-0.3, -0.25) is 4.79 Å². The summed E-state index contributed by atoms with van der Waals surface area (Å²) >= 11 is 0. The first-order chi connectivity index (χ1) is 8.09. The van der Waals surface area contributed by atoms with Crippen LogP contribution in [-0.4, -0.2) is 5.97 Å². The van der Waals surface area contributed by atoms with E-state index in [1.54, 1.807) is 0 Å². The molecule has 0 fully saturated rings. The van der Waals surface area contributed by atoms with Gasteiger partial charge in [-0.25, -0.2) is 0 Å². The van der Waals surface area contributed by atoms with Gasteiger partial charge in [0, 0.05) is 18.9 Å². The zero-order valence-electron chi connectivity index (χ0n) is 10.2. The van der Waals surface area contributed by atoms with Crippen molar-refractivity contribution < 1.29 is 9.53 Å². The van der Waals surface area contributed by atoms with Gasteiger partial charge >= 0.3 is 5.97 Å². The number of rotatable bonds is 3. The normalized spacial score (nSPS) is 10.9. The first kappa shape index (κ1) is 13.1. The largest absolute Gasteiger partial charge is 0.444 e. The van der Waals surface area contributed by atoms with Gasteiger partial charge in [-0.15, -0.1) is 0 Å². The number of carbonyl (C=O) groups is 1. The summed E-state index contributed by atoms with van der Waals surface area (Å²) in [5, 5.41) is 0. The molecule has 0 spiro atoms. The second kappa shape index (κ2) is 6.55. The lowest BCUT2D eigenvalue weighted by Gasteiger charge is -2.10. The minimum Gasteiger partial charge on any atom is -0.444 e. The number of hydrogen-bond donors (Lipinski definition) is 0. The number of hydrogen-bond acceptors (Lipinski definition) is 2. The van der Waals surface area contributed by atoms with Crippen molar-refractivity contribution in [3.05, 3.63) is 48.0 Å². The fourth-order valence-electron chi connectivity index (χ4n) is 1.27. The van der Waals surface area contributed by atoms with E-state index in [0.29, 0.717) is 6.42 Å². The predicted octanol–water partition coefficient (Wildman–Crippen LogP) is 3.26. The lowest BCUT2D eigenvalue weighted by Crippen LogP contribution is -2.06. The highest BCUT2D eigenvalue weighted by Gasteiger charge is 2.10. The molecule has 0 heterocycles. The smallest absolute Gasteiger partial charge is 0.304 e. The fraction of sp³-hybridized carbons (Fsp3) is 0.267. The maximum atomic E-state index is 11.0. The van der Waals surface area contributed by atoms with Crippen molar-refractivity contribution in [2.75, 3.05) is 0 Å². The number of allylic oxidation sites excluding steroid dienone is 1. The molecule has 1 aromatic rings. The Labute approximate surface area is 102 Å². The molecule has 0 bridgehead atoms. The van der Waals surface area contributed by atoms with Crippen LogP contribution >= 0.6 is 0 Å². The van der Waals surface area contributed by atoms with Crippen LogP contribution in [0.25, 0.3) is 0 Å². The van der Waals surface area contributed by atoms with E-state index in [9.17, 15) is 4.79 Å². The Morgan fingerprint density at radius 3 is 2.53 bits per heavy atom. The molecule has 0 aliphatic heterocycles. The topological polar surface area (TPSA) is 26.3 Å². The number of benzene rings is 1. The van der Waals surface area contributed by atoms with Crippen LogP contribution in [0.1, 0.15) is 31.9 Å². The number of esters is 1. The summed E-state index contributed by atoms with van der Waals surface area (Å²) < 4.78 is 5.18. The van der Waals surface area contributed by atoms with Crippen molar-refractivity contribution in [2.45, 2.75) is 26.4 Å². The van der Waals surface area contributed by atoms with E-state index in [1.807, 2.05) is 37.3 Å². The molecular weight excluding hydrogens is 212 g/mol. The highest BCUT2D eigenvalue weighted by molar-refractivity contribution is 5.66. The van der Waals surface area contributed by atoms with E-state index in [4.69, 9.17) is 4.74 Å². The predicted molar refractivity (Wildman–Crippen MR) is 68.2 cm³/mol. The molecule has 1 rings (SSSR count). The molecule has 2 nitrogen and oxygen atoms in total. The maximum Gasteiger partial charge on any atom is 0.304 e. The van der Waals surface area contributed by atoms with Crippen molar-refractivity contribution in [1.29, 1.82) is 0 Å². The van der Waals surface area contributed by atoms with E-state index in [1.165, 1.54) is 6.92 Å². The first-order valence-electron chi connectivity index (χ1n) is 5.44. The molecule has 0 N–H and O–H groups in total. The van der Waals surface area contributed by atoms with Crippen molar-refractivity contribution in [1.82, 2.24) is 0 Å². The van der Waals surface area contributed by atoms with Crippen molar-refractivity contribution in [2.24, 2.45) is 0 Å². The fourth-order valence-corrected chi connectivity index (χ4v) is 1.27. The summed E-state index contributed by atoms with van der Waals surface area (Å²) in [5.74, 6) is 5.58. The Balaban J connectivity index is 2.83. The molecule has 1 unspecified atom stereocenters. The Kier molecular flexibility index (Phi) is 5.03. The quantitative estimate of drug-likeness (QED) is 0.451. The summed E-state index contributed by atoms with van der Waals surface area (Å²) in [4.78, 5) is 11.0. The summed E-state index contributed by atoms with van der Waals surface area (Å²) in [6, 6.07) is 9.49.